The monoisotopic (exact) mass is 380 g/mol. The lowest BCUT2D eigenvalue weighted by molar-refractivity contribution is -0.122. The zero-order valence-electron chi connectivity index (χ0n) is 15.1. The van der Waals surface area contributed by atoms with Crippen molar-refractivity contribution in [1.29, 1.82) is 0 Å². The third-order valence-electron chi connectivity index (χ3n) is 5.40. The fraction of sp³-hybridized carbons (Fsp3) is 0.579. The average Bonchev–Trinajstić information content (AvgIpc) is 3.10. The predicted octanol–water partition coefficient (Wildman–Crippen LogP) is 1.95. The van der Waals surface area contributed by atoms with E-state index in [4.69, 9.17) is 5.73 Å². The Morgan fingerprint density at radius 1 is 1.15 bits per heavy atom. The highest BCUT2D eigenvalue weighted by atomic mass is 35.5. The molecular weight excluding hydrogens is 352 g/mol. The molecule has 144 valence electrons. The van der Waals surface area contributed by atoms with Crippen LogP contribution in [0.1, 0.15) is 43.2 Å². The van der Waals surface area contributed by atoms with Crippen LogP contribution >= 0.6 is 12.4 Å². The molecule has 6 nitrogen and oxygen atoms in total. The van der Waals surface area contributed by atoms with Gasteiger partial charge in [0, 0.05) is 32.6 Å². The van der Waals surface area contributed by atoms with Crippen molar-refractivity contribution in [2.45, 2.75) is 50.6 Å². The van der Waals surface area contributed by atoms with Gasteiger partial charge in [-0.05, 0) is 30.4 Å². The van der Waals surface area contributed by atoms with Crippen LogP contribution < -0.4 is 16.4 Å². The molecule has 0 radical (unpaired) electrons. The summed E-state index contributed by atoms with van der Waals surface area (Å²) in [7, 11) is 0. The Morgan fingerprint density at radius 2 is 1.85 bits per heavy atom. The number of rotatable bonds is 5. The third-order valence-corrected chi connectivity index (χ3v) is 5.40. The molecular formula is C19H29ClN4O2. The van der Waals surface area contributed by atoms with E-state index in [2.05, 4.69) is 22.8 Å². The molecule has 1 aliphatic carbocycles. The number of amides is 3. The van der Waals surface area contributed by atoms with Crippen molar-refractivity contribution in [3.8, 4) is 0 Å². The lowest BCUT2D eigenvalue weighted by Crippen LogP contribution is -2.52. The van der Waals surface area contributed by atoms with Gasteiger partial charge in [0.1, 0.15) is 0 Å². The first-order chi connectivity index (χ1) is 12.1. The summed E-state index contributed by atoms with van der Waals surface area (Å²) in [5, 5.41) is 5.94. The molecule has 0 atom stereocenters. The quantitative estimate of drug-likeness (QED) is 0.729. The first-order valence-electron chi connectivity index (χ1n) is 9.22. The molecule has 3 amide bonds. The third kappa shape index (κ3) is 4.89. The van der Waals surface area contributed by atoms with Crippen molar-refractivity contribution >= 4 is 24.3 Å². The highest BCUT2D eigenvalue weighted by molar-refractivity contribution is 5.85. The molecule has 3 rings (SSSR count). The minimum Gasteiger partial charge on any atom is -0.349 e. The van der Waals surface area contributed by atoms with E-state index < -0.39 is 0 Å². The number of carbonyl (C=O) groups excluding carboxylic acids is 2. The van der Waals surface area contributed by atoms with Gasteiger partial charge in [-0.2, -0.15) is 0 Å². The van der Waals surface area contributed by atoms with E-state index in [0.29, 0.717) is 26.2 Å². The van der Waals surface area contributed by atoms with Crippen LogP contribution in [0.5, 0.6) is 0 Å². The molecule has 1 heterocycles. The second-order valence-corrected chi connectivity index (χ2v) is 7.16. The molecule has 0 saturated heterocycles. The van der Waals surface area contributed by atoms with Crippen molar-refractivity contribution in [2.75, 3.05) is 19.6 Å². The number of benzene rings is 1. The predicted molar refractivity (Wildman–Crippen MR) is 104 cm³/mol. The highest BCUT2D eigenvalue weighted by Crippen LogP contribution is 2.28. The Morgan fingerprint density at radius 3 is 2.54 bits per heavy atom. The van der Waals surface area contributed by atoms with Crippen LogP contribution in [0, 0.1) is 0 Å². The second kappa shape index (κ2) is 9.24. The van der Waals surface area contributed by atoms with Crippen molar-refractivity contribution in [3.63, 3.8) is 0 Å². The highest BCUT2D eigenvalue weighted by Gasteiger charge is 2.33. The topological polar surface area (TPSA) is 87.5 Å². The van der Waals surface area contributed by atoms with Crippen molar-refractivity contribution < 1.29 is 9.59 Å². The van der Waals surface area contributed by atoms with Crippen LogP contribution in [0.4, 0.5) is 4.79 Å². The van der Waals surface area contributed by atoms with E-state index in [0.717, 1.165) is 32.1 Å². The zero-order valence-corrected chi connectivity index (χ0v) is 15.9. The van der Waals surface area contributed by atoms with Crippen molar-refractivity contribution in [1.82, 2.24) is 15.5 Å². The Hall–Kier alpha value is -1.79. The van der Waals surface area contributed by atoms with E-state index in [1.807, 2.05) is 12.1 Å². The summed E-state index contributed by atoms with van der Waals surface area (Å²) in [5.41, 5.74) is 8.13. The number of hydrogen-bond donors (Lipinski definition) is 3. The molecule has 1 aromatic carbocycles. The number of carbonyl (C=O) groups is 2. The molecule has 7 heteroatoms. The van der Waals surface area contributed by atoms with Crippen LogP contribution in [-0.2, 0) is 17.8 Å². The van der Waals surface area contributed by atoms with Crippen LogP contribution in [-0.4, -0.2) is 42.0 Å². The Balaban J connectivity index is 0.00000243. The maximum absolute atomic E-state index is 12.3. The summed E-state index contributed by atoms with van der Waals surface area (Å²) < 4.78 is 0. The van der Waals surface area contributed by atoms with Gasteiger partial charge in [0.2, 0.25) is 5.91 Å². The van der Waals surface area contributed by atoms with E-state index in [1.165, 1.54) is 11.1 Å². The average molecular weight is 381 g/mol. The lowest BCUT2D eigenvalue weighted by atomic mass is 9.97. The molecule has 1 fully saturated rings. The number of nitrogens with zero attached hydrogens (tertiary/aromatic N) is 1. The van der Waals surface area contributed by atoms with Gasteiger partial charge in [0.05, 0.1) is 5.54 Å². The van der Waals surface area contributed by atoms with Gasteiger partial charge in [-0.3, -0.25) is 4.79 Å². The molecule has 26 heavy (non-hydrogen) atoms. The number of nitrogens with two attached hydrogens (primary N) is 1. The van der Waals surface area contributed by atoms with Gasteiger partial charge in [0.25, 0.3) is 0 Å². The zero-order chi connectivity index (χ0) is 17.7. The molecule has 1 aliphatic heterocycles. The number of hydrogen-bond acceptors (Lipinski definition) is 3. The Labute approximate surface area is 161 Å². The summed E-state index contributed by atoms with van der Waals surface area (Å²) in [4.78, 5) is 26.3. The van der Waals surface area contributed by atoms with E-state index in [1.54, 1.807) is 4.90 Å². The van der Waals surface area contributed by atoms with E-state index in [-0.39, 0.29) is 36.3 Å². The number of urea groups is 1. The van der Waals surface area contributed by atoms with Gasteiger partial charge >= 0.3 is 6.03 Å². The SMILES string of the molecule is Cl.NCC1(NC(=O)CCNC(=O)N2CCc3ccccc3C2)CCCC1. The number of nitrogens with one attached hydrogen (secondary N) is 2. The molecule has 0 spiro atoms. The molecule has 1 saturated carbocycles. The molecule has 0 unspecified atom stereocenters. The van der Waals surface area contributed by atoms with E-state index >= 15 is 0 Å². The molecule has 2 aliphatic rings. The standard InChI is InChI=1S/C19H28N4O2.ClH/c20-14-19(9-3-4-10-19)22-17(24)7-11-21-18(25)23-12-8-15-5-1-2-6-16(15)13-23;/h1-2,5-6H,3-4,7-14,20H2,(H,21,25)(H,22,24);1H. The van der Waals surface area contributed by atoms with Crippen LogP contribution in [0.25, 0.3) is 0 Å². The fourth-order valence-corrected chi connectivity index (χ4v) is 3.85. The van der Waals surface area contributed by atoms with Crippen molar-refractivity contribution in [3.05, 3.63) is 35.4 Å². The van der Waals surface area contributed by atoms with Gasteiger partial charge in [-0.15, -0.1) is 12.4 Å². The first kappa shape index (κ1) is 20.5. The summed E-state index contributed by atoms with van der Waals surface area (Å²) in [5.74, 6) is -0.0309. The lowest BCUT2D eigenvalue weighted by Gasteiger charge is -2.30. The van der Waals surface area contributed by atoms with Gasteiger partial charge in [0.15, 0.2) is 0 Å². The normalized spacial score (nSPS) is 17.8. The van der Waals surface area contributed by atoms with Crippen LogP contribution in [0.15, 0.2) is 24.3 Å². The maximum atomic E-state index is 12.3. The minimum atomic E-state index is -0.225. The smallest absolute Gasteiger partial charge is 0.317 e. The van der Waals surface area contributed by atoms with Crippen LogP contribution in [0.3, 0.4) is 0 Å². The molecule has 1 aromatic rings. The summed E-state index contributed by atoms with van der Waals surface area (Å²) in [6.45, 7) is 2.18. The maximum Gasteiger partial charge on any atom is 0.317 e. The van der Waals surface area contributed by atoms with Gasteiger partial charge < -0.3 is 21.3 Å². The molecule has 0 aromatic heterocycles. The Kier molecular flexibility index (Phi) is 7.29. The van der Waals surface area contributed by atoms with Gasteiger partial charge in [-0.1, -0.05) is 37.1 Å². The number of halogens is 1. The fourth-order valence-electron chi connectivity index (χ4n) is 3.85. The van der Waals surface area contributed by atoms with Gasteiger partial charge in [-0.25, -0.2) is 4.79 Å². The summed E-state index contributed by atoms with van der Waals surface area (Å²) >= 11 is 0. The van der Waals surface area contributed by atoms with Crippen molar-refractivity contribution in [2.24, 2.45) is 5.73 Å². The molecule has 0 bridgehead atoms. The largest absolute Gasteiger partial charge is 0.349 e. The Bertz CT molecular complexity index is 632. The minimum absolute atomic E-state index is 0. The summed E-state index contributed by atoms with van der Waals surface area (Å²) in [6.07, 6.45) is 5.31. The first-order valence-corrected chi connectivity index (χ1v) is 9.22. The van der Waals surface area contributed by atoms with Crippen LogP contribution in [0.2, 0.25) is 0 Å². The second-order valence-electron chi connectivity index (χ2n) is 7.16. The number of fused-ring (bicyclic) bond motifs is 1. The molecule has 4 N–H and O–H groups in total. The summed E-state index contributed by atoms with van der Waals surface area (Å²) in [6, 6.07) is 8.12. The van der Waals surface area contributed by atoms with E-state index in [9.17, 15) is 9.59 Å².